The number of nitrogens with zero attached hydrogens (tertiary/aromatic N) is 1. The molecule has 4 rings (SSSR count). The minimum atomic E-state index is -0.848. The highest BCUT2D eigenvalue weighted by Crippen LogP contribution is 2.43. The number of benzene rings is 2. The van der Waals surface area contributed by atoms with E-state index in [1.54, 1.807) is 0 Å². The second kappa shape index (κ2) is 5.77. The van der Waals surface area contributed by atoms with Gasteiger partial charge in [-0.15, -0.1) is 0 Å². The minimum Gasteiger partial charge on any atom is -0.380 e. The van der Waals surface area contributed by atoms with Crippen LogP contribution in [-0.4, -0.2) is 30.1 Å². The molecule has 2 aliphatic rings. The van der Waals surface area contributed by atoms with Gasteiger partial charge in [-0.1, -0.05) is 48.5 Å². The van der Waals surface area contributed by atoms with Gasteiger partial charge in [0.05, 0.1) is 0 Å². The summed E-state index contributed by atoms with van der Waals surface area (Å²) >= 11 is 0. The Labute approximate surface area is 138 Å². The number of aryl methyl sites for hydroxylation is 2. The van der Waals surface area contributed by atoms with E-state index >= 15 is 0 Å². The molecular formula is C21H25NO. The molecule has 2 aromatic rings. The summed E-state index contributed by atoms with van der Waals surface area (Å²) in [5.74, 6) is 0.559. The van der Waals surface area contributed by atoms with E-state index in [-0.39, 0.29) is 0 Å². The summed E-state index contributed by atoms with van der Waals surface area (Å²) < 4.78 is 0. The molecule has 1 saturated heterocycles. The Bertz CT molecular complexity index is 661. The quantitative estimate of drug-likeness (QED) is 0.919. The molecule has 23 heavy (non-hydrogen) atoms. The highest BCUT2D eigenvalue weighted by atomic mass is 16.3. The molecule has 0 spiro atoms. The SMILES string of the molecule is CN1CCC(CC2(O)c3ccccc3CCc3ccccc32)C1. The van der Waals surface area contributed by atoms with Gasteiger partial charge in [0, 0.05) is 6.54 Å². The fourth-order valence-corrected chi connectivity index (χ4v) is 4.53. The van der Waals surface area contributed by atoms with Crippen LogP contribution in [0.15, 0.2) is 48.5 Å². The van der Waals surface area contributed by atoms with Crippen molar-refractivity contribution in [3.05, 3.63) is 70.8 Å². The van der Waals surface area contributed by atoms with Gasteiger partial charge in [-0.3, -0.25) is 0 Å². The van der Waals surface area contributed by atoms with Crippen LogP contribution in [0.2, 0.25) is 0 Å². The molecule has 2 nitrogen and oxygen atoms in total. The van der Waals surface area contributed by atoms with Gasteiger partial charge in [-0.25, -0.2) is 0 Å². The zero-order valence-electron chi connectivity index (χ0n) is 13.8. The van der Waals surface area contributed by atoms with Gasteiger partial charge in [-0.2, -0.15) is 0 Å². The van der Waals surface area contributed by atoms with E-state index in [1.807, 2.05) is 0 Å². The van der Waals surface area contributed by atoms with Gasteiger partial charge in [0.1, 0.15) is 5.60 Å². The van der Waals surface area contributed by atoms with Crippen molar-refractivity contribution < 1.29 is 5.11 Å². The maximum Gasteiger partial charge on any atom is 0.115 e. The molecule has 120 valence electrons. The van der Waals surface area contributed by atoms with Gasteiger partial charge < -0.3 is 10.0 Å². The molecule has 1 aliphatic carbocycles. The maximum absolute atomic E-state index is 11.9. The Morgan fingerprint density at radius 3 is 2.09 bits per heavy atom. The predicted octanol–water partition coefficient (Wildman–Crippen LogP) is 3.36. The summed E-state index contributed by atoms with van der Waals surface area (Å²) in [4.78, 5) is 2.38. The van der Waals surface area contributed by atoms with Crippen molar-refractivity contribution >= 4 is 0 Å². The average Bonchev–Trinajstić information content (AvgIpc) is 2.92. The zero-order valence-corrected chi connectivity index (χ0v) is 13.8. The van der Waals surface area contributed by atoms with Gasteiger partial charge in [0.15, 0.2) is 0 Å². The van der Waals surface area contributed by atoms with Crippen LogP contribution in [0.4, 0.5) is 0 Å². The Morgan fingerprint density at radius 1 is 1.00 bits per heavy atom. The number of fused-ring (bicyclic) bond motifs is 2. The van der Waals surface area contributed by atoms with E-state index in [9.17, 15) is 5.11 Å². The maximum atomic E-state index is 11.9. The van der Waals surface area contributed by atoms with E-state index < -0.39 is 5.60 Å². The van der Waals surface area contributed by atoms with Crippen molar-refractivity contribution in [2.75, 3.05) is 20.1 Å². The van der Waals surface area contributed by atoms with E-state index in [4.69, 9.17) is 0 Å². The van der Waals surface area contributed by atoms with Crippen LogP contribution in [0.25, 0.3) is 0 Å². The fourth-order valence-electron chi connectivity index (χ4n) is 4.53. The lowest BCUT2D eigenvalue weighted by atomic mass is 9.77. The summed E-state index contributed by atoms with van der Waals surface area (Å²) in [6.07, 6.45) is 4.04. The van der Waals surface area contributed by atoms with Crippen LogP contribution >= 0.6 is 0 Å². The van der Waals surface area contributed by atoms with Crippen molar-refractivity contribution in [3.63, 3.8) is 0 Å². The molecule has 1 atom stereocenters. The summed E-state index contributed by atoms with van der Waals surface area (Å²) in [5, 5.41) is 11.9. The first-order valence-corrected chi connectivity index (χ1v) is 8.74. The van der Waals surface area contributed by atoms with Crippen LogP contribution in [0.1, 0.15) is 35.1 Å². The molecule has 0 saturated carbocycles. The first-order chi connectivity index (χ1) is 11.2. The Balaban J connectivity index is 1.82. The first kappa shape index (κ1) is 14.9. The van der Waals surface area contributed by atoms with Gasteiger partial charge in [0.2, 0.25) is 0 Å². The fraction of sp³-hybridized carbons (Fsp3) is 0.429. The van der Waals surface area contributed by atoms with Crippen molar-refractivity contribution in [2.24, 2.45) is 5.92 Å². The molecule has 1 N–H and O–H groups in total. The summed E-state index contributed by atoms with van der Waals surface area (Å²) in [7, 11) is 2.18. The molecule has 0 aromatic heterocycles. The third-order valence-electron chi connectivity index (χ3n) is 5.66. The van der Waals surface area contributed by atoms with Gasteiger partial charge >= 0.3 is 0 Å². The summed E-state index contributed by atoms with van der Waals surface area (Å²) in [6, 6.07) is 17.0. The van der Waals surface area contributed by atoms with Crippen molar-refractivity contribution in [1.29, 1.82) is 0 Å². The Hall–Kier alpha value is -1.64. The lowest BCUT2D eigenvalue weighted by Crippen LogP contribution is -2.32. The second-order valence-corrected chi connectivity index (χ2v) is 7.30. The number of likely N-dealkylation sites (tertiary alicyclic amines) is 1. The normalized spacial score (nSPS) is 23.1. The van der Waals surface area contributed by atoms with E-state index in [0.717, 1.165) is 43.5 Å². The lowest BCUT2D eigenvalue weighted by Gasteiger charge is -2.33. The topological polar surface area (TPSA) is 23.5 Å². The van der Waals surface area contributed by atoms with Gasteiger partial charge in [-0.05, 0) is 67.4 Å². The predicted molar refractivity (Wildman–Crippen MR) is 93.5 cm³/mol. The van der Waals surface area contributed by atoms with Crippen LogP contribution in [0.3, 0.4) is 0 Å². The summed E-state index contributed by atoms with van der Waals surface area (Å²) in [6.45, 7) is 2.23. The summed E-state index contributed by atoms with van der Waals surface area (Å²) in [5.41, 5.74) is 4.01. The van der Waals surface area contributed by atoms with E-state index in [2.05, 4.69) is 60.5 Å². The molecule has 1 fully saturated rings. The zero-order chi connectivity index (χ0) is 15.9. The minimum absolute atomic E-state index is 0.559. The molecule has 2 heteroatoms. The molecule has 0 amide bonds. The highest BCUT2D eigenvalue weighted by Gasteiger charge is 2.40. The van der Waals surface area contributed by atoms with Crippen molar-refractivity contribution in [2.45, 2.75) is 31.3 Å². The lowest BCUT2D eigenvalue weighted by molar-refractivity contribution is 0.0530. The number of rotatable bonds is 2. The third-order valence-corrected chi connectivity index (χ3v) is 5.66. The number of aliphatic hydroxyl groups is 1. The third kappa shape index (κ3) is 2.60. The van der Waals surface area contributed by atoms with Crippen molar-refractivity contribution in [3.8, 4) is 0 Å². The second-order valence-electron chi connectivity index (χ2n) is 7.30. The molecule has 1 unspecified atom stereocenters. The number of hydrogen-bond donors (Lipinski definition) is 1. The molecular weight excluding hydrogens is 282 g/mol. The largest absolute Gasteiger partial charge is 0.380 e. The van der Waals surface area contributed by atoms with Crippen LogP contribution in [0.5, 0.6) is 0 Å². The smallest absolute Gasteiger partial charge is 0.115 e. The van der Waals surface area contributed by atoms with Crippen molar-refractivity contribution in [1.82, 2.24) is 4.90 Å². The highest BCUT2D eigenvalue weighted by molar-refractivity contribution is 5.47. The molecule has 1 heterocycles. The first-order valence-electron chi connectivity index (χ1n) is 8.74. The van der Waals surface area contributed by atoms with E-state index in [0.29, 0.717) is 5.92 Å². The Morgan fingerprint density at radius 2 is 1.57 bits per heavy atom. The average molecular weight is 307 g/mol. The van der Waals surface area contributed by atoms with E-state index in [1.165, 1.54) is 17.5 Å². The standard InChI is InChI=1S/C21H25NO/c1-22-13-12-16(15-22)14-21(23)19-8-4-2-6-17(19)10-11-18-7-3-5-9-20(18)21/h2-9,16,23H,10-15H2,1H3. The monoisotopic (exact) mass is 307 g/mol. The molecule has 1 aliphatic heterocycles. The molecule has 0 bridgehead atoms. The number of hydrogen-bond acceptors (Lipinski definition) is 2. The molecule has 0 radical (unpaired) electrons. The van der Waals surface area contributed by atoms with Crippen LogP contribution in [0, 0.1) is 5.92 Å². The Kier molecular flexibility index (Phi) is 3.74. The van der Waals surface area contributed by atoms with Gasteiger partial charge in [0.25, 0.3) is 0 Å². The van der Waals surface area contributed by atoms with Crippen LogP contribution < -0.4 is 0 Å². The van der Waals surface area contributed by atoms with Crippen LogP contribution in [-0.2, 0) is 18.4 Å². The molecule has 2 aromatic carbocycles.